The minimum Gasteiger partial charge on any atom is -0.456 e. The van der Waals surface area contributed by atoms with Crippen LogP contribution >= 0.6 is 0 Å². The first-order chi connectivity index (χ1) is 5.36. The van der Waals surface area contributed by atoms with E-state index in [0.29, 0.717) is 0 Å². The smallest absolute Gasteiger partial charge is 0.376 e. The van der Waals surface area contributed by atoms with Gasteiger partial charge >= 0.3 is 5.97 Å². The number of hydrogen-bond acceptors (Lipinski definition) is 4. The normalized spacial score (nSPS) is 16.4. The van der Waals surface area contributed by atoms with Crippen LogP contribution in [0.2, 0.25) is 0 Å². The Hall–Kier alpha value is -1.39. The molecule has 1 heterocycles. The molecule has 0 aromatic carbocycles. The van der Waals surface area contributed by atoms with Gasteiger partial charge in [-0.05, 0) is 12.8 Å². The quantitative estimate of drug-likeness (QED) is 0.613. The highest BCUT2D eigenvalue weighted by atomic mass is 16.5. The van der Waals surface area contributed by atoms with Crippen LogP contribution in [0.25, 0.3) is 0 Å². The lowest BCUT2D eigenvalue weighted by atomic mass is 10.6. The Bertz CT molecular complexity index is 253. The van der Waals surface area contributed by atoms with E-state index < -0.39 is 5.97 Å². The Kier molecular flexibility index (Phi) is 1.34. The molecule has 1 fully saturated rings. The second-order valence-electron chi connectivity index (χ2n) is 2.44. The summed E-state index contributed by atoms with van der Waals surface area (Å²) in [5, 5.41) is 5.97. The molecule has 0 aliphatic heterocycles. The van der Waals surface area contributed by atoms with Gasteiger partial charge in [0, 0.05) is 0 Å². The number of carbonyl (C=O) groups excluding carboxylic acids is 1. The van der Waals surface area contributed by atoms with Crippen molar-refractivity contribution in [2.75, 3.05) is 0 Å². The lowest BCUT2D eigenvalue weighted by Crippen LogP contribution is -2.08. The number of aromatic amines is 1. The van der Waals surface area contributed by atoms with Crippen molar-refractivity contribution in [2.24, 2.45) is 0 Å². The monoisotopic (exact) mass is 153 g/mol. The Morgan fingerprint density at radius 1 is 1.73 bits per heavy atom. The minimum absolute atomic E-state index is 0.118. The summed E-state index contributed by atoms with van der Waals surface area (Å²) in [6.07, 6.45) is 3.34. The number of esters is 1. The number of nitrogens with one attached hydrogen (secondary N) is 1. The van der Waals surface area contributed by atoms with Crippen LogP contribution in [0.5, 0.6) is 0 Å². The highest BCUT2D eigenvalue weighted by Crippen LogP contribution is 2.23. The molecule has 1 aliphatic carbocycles. The summed E-state index contributed by atoms with van der Waals surface area (Å²) in [4.78, 5) is 14.7. The van der Waals surface area contributed by atoms with Gasteiger partial charge in [-0.15, -0.1) is 0 Å². The van der Waals surface area contributed by atoms with E-state index in [2.05, 4.69) is 15.2 Å². The van der Waals surface area contributed by atoms with Gasteiger partial charge in [0.05, 0.1) is 0 Å². The summed E-state index contributed by atoms with van der Waals surface area (Å²) in [6.45, 7) is 0. The number of hydrogen-bond donors (Lipinski definition) is 1. The molecular formula is C6H7N3O2. The van der Waals surface area contributed by atoms with Gasteiger partial charge in [-0.2, -0.15) is 5.10 Å². The van der Waals surface area contributed by atoms with Crippen molar-refractivity contribution in [3.63, 3.8) is 0 Å². The molecule has 1 saturated carbocycles. The maximum atomic E-state index is 11.0. The summed E-state index contributed by atoms with van der Waals surface area (Å²) in [6, 6.07) is 0. The molecule has 1 aromatic heterocycles. The fourth-order valence-electron chi connectivity index (χ4n) is 0.697. The molecule has 0 spiro atoms. The highest BCUT2D eigenvalue weighted by Gasteiger charge is 2.27. The number of aromatic nitrogens is 3. The summed E-state index contributed by atoms with van der Waals surface area (Å²) in [5.41, 5.74) is 0. The van der Waals surface area contributed by atoms with Crippen molar-refractivity contribution in [3.8, 4) is 0 Å². The average molecular weight is 153 g/mol. The van der Waals surface area contributed by atoms with Crippen LogP contribution in [0.1, 0.15) is 23.5 Å². The van der Waals surface area contributed by atoms with Crippen molar-refractivity contribution in [3.05, 3.63) is 12.2 Å². The molecule has 11 heavy (non-hydrogen) atoms. The zero-order valence-corrected chi connectivity index (χ0v) is 5.78. The molecule has 1 N–H and O–H groups in total. The van der Waals surface area contributed by atoms with E-state index in [0.717, 1.165) is 12.8 Å². The summed E-state index contributed by atoms with van der Waals surface area (Å²) >= 11 is 0. The van der Waals surface area contributed by atoms with E-state index in [1.807, 2.05) is 0 Å². The van der Waals surface area contributed by atoms with Gasteiger partial charge in [-0.1, -0.05) is 0 Å². The lowest BCUT2D eigenvalue weighted by Gasteiger charge is -1.96. The van der Waals surface area contributed by atoms with E-state index in [9.17, 15) is 4.79 Å². The van der Waals surface area contributed by atoms with Crippen molar-refractivity contribution in [1.29, 1.82) is 0 Å². The molecule has 0 amide bonds. The fraction of sp³-hybridized carbons (Fsp3) is 0.500. The first-order valence-corrected chi connectivity index (χ1v) is 3.42. The number of rotatable bonds is 2. The third-order valence-electron chi connectivity index (χ3n) is 1.41. The van der Waals surface area contributed by atoms with E-state index in [-0.39, 0.29) is 11.9 Å². The van der Waals surface area contributed by atoms with Crippen LogP contribution < -0.4 is 0 Å². The maximum absolute atomic E-state index is 11.0. The van der Waals surface area contributed by atoms with Gasteiger partial charge in [0.25, 0.3) is 0 Å². The maximum Gasteiger partial charge on any atom is 0.376 e. The van der Waals surface area contributed by atoms with E-state index >= 15 is 0 Å². The van der Waals surface area contributed by atoms with Crippen LogP contribution in [-0.4, -0.2) is 27.3 Å². The Labute approximate surface area is 62.8 Å². The molecule has 1 aromatic rings. The molecule has 5 heteroatoms. The average Bonchev–Trinajstić information content (AvgIpc) is 2.67. The molecular weight excluding hydrogens is 146 g/mol. The van der Waals surface area contributed by atoms with Crippen LogP contribution in [-0.2, 0) is 4.74 Å². The largest absolute Gasteiger partial charge is 0.456 e. The van der Waals surface area contributed by atoms with Crippen LogP contribution in [0.4, 0.5) is 0 Å². The molecule has 0 unspecified atom stereocenters. The number of H-pyrrole nitrogens is 1. The van der Waals surface area contributed by atoms with Crippen LogP contribution in [0, 0.1) is 0 Å². The van der Waals surface area contributed by atoms with E-state index in [4.69, 9.17) is 4.74 Å². The zero-order valence-electron chi connectivity index (χ0n) is 5.78. The Morgan fingerprint density at radius 3 is 3.09 bits per heavy atom. The molecule has 0 saturated heterocycles. The van der Waals surface area contributed by atoms with E-state index in [1.54, 1.807) is 0 Å². The predicted molar refractivity (Wildman–Crippen MR) is 34.8 cm³/mol. The lowest BCUT2D eigenvalue weighted by molar-refractivity contribution is 0.0458. The van der Waals surface area contributed by atoms with Gasteiger partial charge in [0.2, 0.25) is 5.82 Å². The summed E-state index contributed by atoms with van der Waals surface area (Å²) in [7, 11) is 0. The summed E-state index contributed by atoms with van der Waals surface area (Å²) < 4.78 is 4.93. The number of ether oxygens (including phenoxy) is 1. The van der Waals surface area contributed by atoms with Crippen molar-refractivity contribution in [1.82, 2.24) is 15.2 Å². The second-order valence-corrected chi connectivity index (χ2v) is 2.44. The molecule has 0 radical (unpaired) electrons. The first kappa shape index (κ1) is 6.33. The fourth-order valence-corrected chi connectivity index (χ4v) is 0.697. The van der Waals surface area contributed by atoms with Gasteiger partial charge in [-0.25, -0.2) is 9.78 Å². The predicted octanol–water partition coefficient (Wildman–Crippen LogP) is 0.124. The molecule has 0 atom stereocenters. The van der Waals surface area contributed by atoms with Crippen molar-refractivity contribution >= 4 is 5.97 Å². The number of nitrogens with zero attached hydrogens (tertiary/aromatic N) is 2. The topological polar surface area (TPSA) is 67.9 Å². The van der Waals surface area contributed by atoms with Gasteiger partial charge < -0.3 is 4.74 Å². The third-order valence-corrected chi connectivity index (χ3v) is 1.41. The SMILES string of the molecule is O=C(OC1CC1)c1ncn[nH]1. The standard InChI is InChI=1S/C6H7N3O2/c10-6(11-4-1-2-4)5-7-3-8-9-5/h3-4H,1-2H2,(H,7,8,9). The Balaban J connectivity index is 1.99. The van der Waals surface area contributed by atoms with Gasteiger partial charge in [0.1, 0.15) is 12.4 Å². The third kappa shape index (κ3) is 1.36. The van der Waals surface area contributed by atoms with E-state index in [1.165, 1.54) is 6.33 Å². The number of carbonyl (C=O) groups is 1. The molecule has 2 rings (SSSR count). The van der Waals surface area contributed by atoms with Crippen LogP contribution in [0.15, 0.2) is 6.33 Å². The second kappa shape index (κ2) is 2.34. The zero-order chi connectivity index (χ0) is 7.68. The Morgan fingerprint density at radius 2 is 2.55 bits per heavy atom. The molecule has 5 nitrogen and oxygen atoms in total. The highest BCUT2D eigenvalue weighted by molar-refractivity contribution is 5.85. The first-order valence-electron chi connectivity index (χ1n) is 3.42. The summed E-state index contributed by atoms with van der Waals surface area (Å²) in [5.74, 6) is -0.234. The minimum atomic E-state index is -0.412. The van der Waals surface area contributed by atoms with Crippen LogP contribution in [0.3, 0.4) is 0 Å². The van der Waals surface area contributed by atoms with Crippen molar-refractivity contribution < 1.29 is 9.53 Å². The van der Waals surface area contributed by atoms with Gasteiger partial charge in [-0.3, -0.25) is 5.10 Å². The molecule has 58 valence electrons. The molecule has 1 aliphatic rings. The van der Waals surface area contributed by atoms with Crippen molar-refractivity contribution in [2.45, 2.75) is 18.9 Å². The molecule has 0 bridgehead atoms. The van der Waals surface area contributed by atoms with Gasteiger partial charge in [0.15, 0.2) is 0 Å².